The molecule has 9 heteroatoms. The number of nitrogens with zero attached hydrogens (tertiary/aromatic N) is 6. The van der Waals surface area contributed by atoms with E-state index in [1.165, 1.54) is 4.68 Å². The van der Waals surface area contributed by atoms with E-state index in [-0.39, 0.29) is 30.9 Å². The summed E-state index contributed by atoms with van der Waals surface area (Å²) in [6.45, 7) is 7.05. The third kappa shape index (κ3) is 4.85. The summed E-state index contributed by atoms with van der Waals surface area (Å²) in [7, 11) is 0. The van der Waals surface area contributed by atoms with Crippen molar-refractivity contribution in [3.8, 4) is 0 Å². The van der Waals surface area contributed by atoms with Gasteiger partial charge in [-0.1, -0.05) is 31.2 Å². The lowest BCUT2D eigenvalue weighted by atomic mass is 10.1. The number of aliphatic hydroxyl groups is 1. The molecule has 0 aliphatic rings. The first-order chi connectivity index (χ1) is 11.0. The van der Waals surface area contributed by atoms with Crippen LogP contribution in [0.25, 0.3) is 0 Å². The molecule has 1 atom stereocenters. The zero-order chi connectivity index (χ0) is 16.8. The molecule has 0 saturated carbocycles. The highest BCUT2D eigenvalue weighted by Gasteiger charge is 2.13. The lowest BCUT2D eigenvalue weighted by Crippen LogP contribution is -2.31. The van der Waals surface area contributed by atoms with E-state index in [1.807, 2.05) is 20.8 Å². The molecular weight excluding hydrogens is 298 g/mol. The minimum atomic E-state index is -0.125. The molecule has 0 fully saturated rings. The average molecular weight is 321 g/mol. The van der Waals surface area contributed by atoms with Gasteiger partial charge in [0.15, 0.2) is 0 Å². The summed E-state index contributed by atoms with van der Waals surface area (Å²) in [5, 5.41) is 27.6. The fraction of sp³-hybridized carbons (Fsp3) is 0.643. The first-order valence-corrected chi connectivity index (χ1v) is 7.67. The van der Waals surface area contributed by atoms with Crippen LogP contribution in [0.5, 0.6) is 0 Å². The number of hydrogen-bond donors (Lipinski definition) is 2. The number of amides is 1. The molecule has 1 amide bonds. The van der Waals surface area contributed by atoms with Gasteiger partial charge in [-0.3, -0.25) is 4.79 Å². The first-order valence-electron chi connectivity index (χ1n) is 7.67. The Kier molecular flexibility index (Phi) is 5.80. The molecule has 2 heterocycles. The number of aliphatic hydroxyl groups excluding tert-OH is 1. The van der Waals surface area contributed by atoms with Gasteiger partial charge >= 0.3 is 0 Å². The van der Waals surface area contributed by atoms with Gasteiger partial charge in [-0.25, -0.2) is 9.36 Å². The second kappa shape index (κ2) is 7.82. The average Bonchev–Trinajstić information content (AvgIpc) is 3.14. The van der Waals surface area contributed by atoms with Crippen LogP contribution in [0.4, 0.5) is 0 Å². The van der Waals surface area contributed by atoms with Crippen molar-refractivity contribution >= 4 is 5.91 Å². The Labute approximate surface area is 134 Å². The largest absolute Gasteiger partial charge is 0.394 e. The van der Waals surface area contributed by atoms with Crippen LogP contribution in [-0.2, 0) is 17.9 Å². The second-order valence-electron chi connectivity index (χ2n) is 5.83. The maximum Gasteiger partial charge on any atom is 0.241 e. The summed E-state index contributed by atoms with van der Waals surface area (Å²) in [5.74, 6) is 0.196. The molecule has 23 heavy (non-hydrogen) atoms. The van der Waals surface area contributed by atoms with Gasteiger partial charge in [-0.2, -0.15) is 0 Å². The Morgan fingerprint density at radius 3 is 2.48 bits per heavy atom. The van der Waals surface area contributed by atoms with E-state index in [4.69, 9.17) is 5.11 Å². The fourth-order valence-corrected chi connectivity index (χ4v) is 1.98. The molecule has 0 unspecified atom stereocenters. The van der Waals surface area contributed by atoms with Crippen LogP contribution in [0.3, 0.4) is 0 Å². The van der Waals surface area contributed by atoms with Crippen LogP contribution in [-0.4, -0.2) is 54.2 Å². The maximum absolute atomic E-state index is 12.0. The topological polar surface area (TPSA) is 111 Å². The normalized spacial score (nSPS) is 12.6. The number of aromatic nitrogens is 6. The Hall–Kier alpha value is -2.29. The minimum Gasteiger partial charge on any atom is -0.394 e. The van der Waals surface area contributed by atoms with Gasteiger partial charge in [-0.05, 0) is 5.92 Å². The molecule has 9 nitrogen and oxygen atoms in total. The summed E-state index contributed by atoms with van der Waals surface area (Å²) < 4.78 is 3.11. The zero-order valence-corrected chi connectivity index (χ0v) is 13.7. The molecule has 2 aromatic heterocycles. The number of hydrogen-bond acceptors (Lipinski definition) is 6. The SMILES string of the molecule is CC(C)c1cn(CC(=O)NC[C@@H](C)c2cn(CCO)nn2)nn1. The Morgan fingerprint density at radius 1 is 1.17 bits per heavy atom. The van der Waals surface area contributed by atoms with E-state index in [0.717, 1.165) is 11.4 Å². The molecule has 0 spiro atoms. The molecular formula is C14H23N7O2. The first kappa shape index (κ1) is 17.1. The molecule has 0 bridgehead atoms. The Morgan fingerprint density at radius 2 is 1.83 bits per heavy atom. The van der Waals surface area contributed by atoms with E-state index >= 15 is 0 Å². The van der Waals surface area contributed by atoms with Crippen molar-refractivity contribution in [2.75, 3.05) is 13.2 Å². The predicted molar refractivity (Wildman–Crippen MR) is 82.6 cm³/mol. The van der Waals surface area contributed by atoms with Crippen molar-refractivity contribution in [3.05, 3.63) is 23.8 Å². The predicted octanol–water partition coefficient (Wildman–Crippen LogP) is -0.0948. The van der Waals surface area contributed by atoms with Gasteiger partial charge in [0.05, 0.1) is 24.5 Å². The standard InChI is InChI=1S/C14H23N7O2/c1-10(2)12-7-21(19-16-12)9-14(23)15-6-11(3)13-8-20(4-5-22)18-17-13/h7-8,10-11,22H,4-6,9H2,1-3H3,(H,15,23)/t11-/m1/s1. The number of carbonyl (C=O) groups is 1. The summed E-state index contributed by atoms with van der Waals surface area (Å²) in [4.78, 5) is 12.0. The number of nitrogens with one attached hydrogen (secondary N) is 1. The Balaban J connectivity index is 1.80. The van der Waals surface area contributed by atoms with E-state index in [2.05, 4.69) is 25.9 Å². The molecule has 0 aliphatic carbocycles. The van der Waals surface area contributed by atoms with Crippen LogP contribution in [0.2, 0.25) is 0 Å². The molecule has 0 saturated heterocycles. The Bertz CT molecular complexity index is 635. The van der Waals surface area contributed by atoms with E-state index in [1.54, 1.807) is 17.1 Å². The molecule has 0 radical (unpaired) electrons. The van der Waals surface area contributed by atoms with Crippen LogP contribution >= 0.6 is 0 Å². The molecule has 2 rings (SSSR count). The van der Waals surface area contributed by atoms with Gasteiger partial charge < -0.3 is 10.4 Å². The number of carbonyl (C=O) groups excluding carboxylic acids is 1. The lowest BCUT2D eigenvalue weighted by Gasteiger charge is -2.09. The van der Waals surface area contributed by atoms with Gasteiger partial charge in [0.1, 0.15) is 6.54 Å². The van der Waals surface area contributed by atoms with Crippen LogP contribution in [0.15, 0.2) is 12.4 Å². The smallest absolute Gasteiger partial charge is 0.241 e. The van der Waals surface area contributed by atoms with Crippen molar-refractivity contribution in [3.63, 3.8) is 0 Å². The van der Waals surface area contributed by atoms with Crippen LogP contribution in [0, 0.1) is 0 Å². The van der Waals surface area contributed by atoms with E-state index < -0.39 is 0 Å². The molecule has 2 N–H and O–H groups in total. The summed E-state index contributed by atoms with van der Waals surface area (Å²) in [5.41, 5.74) is 1.65. The van der Waals surface area contributed by atoms with Crippen LogP contribution in [0.1, 0.15) is 44.0 Å². The monoisotopic (exact) mass is 321 g/mol. The van der Waals surface area contributed by atoms with E-state index in [9.17, 15) is 4.79 Å². The molecule has 126 valence electrons. The molecule has 2 aromatic rings. The minimum absolute atomic E-state index is 0.0180. The highest BCUT2D eigenvalue weighted by atomic mass is 16.3. The van der Waals surface area contributed by atoms with Crippen molar-refractivity contribution in [1.82, 2.24) is 35.3 Å². The third-order valence-corrected chi connectivity index (χ3v) is 3.45. The van der Waals surface area contributed by atoms with Gasteiger partial charge in [-0.15, -0.1) is 10.2 Å². The van der Waals surface area contributed by atoms with Gasteiger partial charge in [0, 0.05) is 24.9 Å². The second-order valence-corrected chi connectivity index (χ2v) is 5.83. The summed E-state index contributed by atoms with van der Waals surface area (Å²) in [6, 6.07) is 0. The fourth-order valence-electron chi connectivity index (χ4n) is 1.98. The third-order valence-electron chi connectivity index (χ3n) is 3.45. The van der Waals surface area contributed by atoms with Crippen molar-refractivity contribution in [2.24, 2.45) is 0 Å². The van der Waals surface area contributed by atoms with Crippen molar-refractivity contribution in [2.45, 2.75) is 45.7 Å². The van der Waals surface area contributed by atoms with Gasteiger partial charge in [0.2, 0.25) is 5.91 Å². The number of rotatable bonds is 8. The summed E-state index contributed by atoms with van der Waals surface area (Å²) in [6.07, 6.45) is 3.56. The van der Waals surface area contributed by atoms with E-state index in [0.29, 0.717) is 13.1 Å². The lowest BCUT2D eigenvalue weighted by molar-refractivity contribution is -0.121. The van der Waals surface area contributed by atoms with Crippen molar-refractivity contribution in [1.29, 1.82) is 0 Å². The summed E-state index contributed by atoms with van der Waals surface area (Å²) >= 11 is 0. The highest BCUT2D eigenvalue weighted by Crippen LogP contribution is 2.10. The molecule has 0 aromatic carbocycles. The highest BCUT2D eigenvalue weighted by molar-refractivity contribution is 5.75. The quantitative estimate of drug-likeness (QED) is 0.703. The maximum atomic E-state index is 12.0. The molecule has 0 aliphatic heterocycles. The van der Waals surface area contributed by atoms with Gasteiger partial charge in [0.25, 0.3) is 0 Å². The van der Waals surface area contributed by atoms with Crippen molar-refractivity contribution < 1.29 is 9.90 Å². The van der Waals surface area contributed by atoms with Crippen LogP contribution < -0.4 is 5.32 Å². The zero-order valence-electron chi connectivity index (χ0n) is 13.7.